The molecular formula is C15H19N3OS. The molecule has 1 aromatic heterocycles. The number of urea groups is 1. The van der Waals surface area contributed by atoms with Gasteiger partial charge in [-0.25, -0.2) is 9.78 Å². The number of carbonyl (C=O) groups excluding carboxylic acids is 1. The predicted molar refractivity (Wildman–Crippen MR) is 82.9 cm³/mol. The Bertz CT molecular complexity index is 539. The Balaban J connectivity index is 1.89. The van der Waals surface area contributed by atoms with Crippen molar-refractivity contribution in [1.82, 2.24) is 15.6 Å². The van der Waals surface area contributed by atoms with Gasteiger partial charge in [0.2, 0.25) is 0 Å². The molecule has 0 unspecified atom stereocenters. The Morgan fingerprint density at radius 3 is 2.70 bits per heavy atom. The molecular weight excluding hydrogens is 270 g/mol. The van der Waals surface area contributed by atoms with Gasteiger partial charge in [-0.15, -0.1) is 11.3 Å². The summed E-state index contributed by atoms with van der Waals surface area (Å²) in [6.07, 6.45) is 1.74. The molecule has 0 radical (unpaired) electrons. The third-order valence-electron chi connectivity index (χ3n) is 2.86. The number of benzene rings is 1. The summed E-state index contributed by atoms with van der Waals surface area (Å²) in [5, 5.41) is 5.66. The van der Waals surface area contributed by atoms with Gasteiger partial charge in [0.1, 0.15) is 0 Å². The lowest BCUT2D eigenvalue weighted by molar-refractivity contribution is 0.241. The first kappa shape index (κ1) is 14.5. The quantitative estimate of drug-likeness (QED) is 0.858. The molecule has 0 saturated heterocycles. The first-order valence-electron chi connectivity index (χ1n) is 6.80. The number of rotatable bonds is 6. The molecule has 0 spiro atoms. The minimum absolute atomic E-state index is 0.0994. The Labute approximate surface area is 123 Å². The maximum Gasteiger partial charge on any atom is 0.314 e. The van der Waals surface area contributed by atoms with Gasteiger partial charge in [-0.05, 0) is 6.42 Å². The molecule has 2 aromatic rings. The highest BCUT2D eigenvalue weighted by molar-refractivity contribution is 7.10. The molecule has 0 saturated carbocycles. The molecule has 1 heterocycles. The van der Waals surface area contributed by atoms with Gasteiger partial charge in [0, 0.05) is 30.0 Å². The summed E-state index contributed by atoms with van der Waals surface area (Å²) in [5.74, 6) is 0. The second kappa shape index (κ2) is 7.65. The van der Waals surface area contributed by atoms with Crippen molar-refractivity contribution in [2.45, 2.75) is 19.8 Å². The van der Waals surface area contributed by atoms with Crippen LogP contribution in [0, 0.1) is 0 Å². The van der Waals surface area contributed by atoms with Crippen molar-refractivity contribution in [1.29, 1.82) is 0 Å². The molecule has 0 fully saturated rings. The fourth-order valence-corrected chi connectivity index (χ4v) is 2.66. The van der Waals surface area contributed by atoms with E-state index in [1.807, 2.05) is 30.6 Å². The normalized spacial score (nSPS) is 10.2. The summed E-state index contributed by atoms with van der Waals surface area (Å²) in [7, 11) is 0. The van der Waals surface area contributed by atoms with Gasteiger partial charge in [-0.3, -0.25) is 0 Å². The maximum atomic E-state index is 11.5. The van der Waals surface area contributed by atoms with Crippen molar-refractivity contribution >= 4 is 17.4 Å². The maximum absolute atomic E-state index is 11.5. The van der Waals surface area contributed by atoms with Crippen molar-refractivity contribution in [2.75, 3.05) is 13.1 Å². The van der Waals surface area contributed by atoms with Crippen molar-refractivity contribution < 1.29 is 4.79 Å². The molecule has 2 amide bonds. The van der Waals surface area contributed by atoms with Gasteiger partial charge in [0.05, 0.1) is 11.2 Å². The smallest absolute Gasteiger partial charge is 0.314 e. The fourth-order valence-electron chi connectivity index (χ4n) is 1.87. The molecule has 0 aliphatic heterocycles. The van der Waals surface area contributed by atoms with Crippen molar-refractivity contribution in [3.05, 3.63) is 40.7 Å². The van der Waals surface area contributed by atoms with Crippen LogP contribution in [0.3, 0.4) is 0 Å². The Morgan fingerprint density at radius 2 is 1.95 bits per heavy atom. The number of amides is 2. The number of aromatic nitrogens is 1. The molecule has 0 atom stereocenters. The number of hydrogen-bond acceptors (Lipinski definition) is 3. The number of hydrogen-bond donors (Lipinski definition) is 2. The first-order chi connectivity index (χ1) is 9.81. The minimum atomic E-state index is -0.0994. The van der Waals surface area contributed by atoms with Gasteiger partial charge in [-0.2, -0.15) is 0 Å². The second-order valence-electron chi connectivity index (χ2n) is 4.42. The molecule has 2 rings (SSSR count). The van der Waals surface area contributed by atoms with Crippen LogP contribution >= 0.6 is 11.3 Å². The molecule has 0 aliphatic carbocycles. The fraction of sp³-hybridized carbons (Fsp3) is 0.333. The van der Waals surface area contributed by atoms with Crippen molar-refractivity contribution in [3.63, 3.8) is 0 Å². The third-order valence-corrected chi connectivity index (χ3v) is 3.75. The summed E-state index contributed by atoms with van der Waals surface area (Å²) < 4.78 is 0. The molecule has 0 bridgehead atoms. The minimum Gasteiger partial charge on any atom is -0.338 e. The molecule has 2 N–H and O–H groups in total. The Morgan fingerprint density at radius 1 is 1.20 bits per heavy atom. The number of thiazole rings is 1. The van der Waals surface area contributed by atoms with Crippen LogP contribution in [0.5, 0.6) is 0 Å². The van der Waals surface area contributed by atoms with Gasteiger partial charge >= 0.3 is 6.03 Å². The molecule has 5 heteroatoms. The van der Waals surface area contributed by atoms with E-state index in [4.69, 9.17) is 0 Å². The Hall–Kier alpha value is -1.88. The SMILES string of the molecule is CCCNC(=O)NCCc1scnc1-c1ccccc1. The van der Waals surface area contributed by atoms with Crippen LogP contribution in [0.4, 0.5) is 4.79 Å². The average molecular weight is 289 g/mol. The van der Waals surface area contributed by atoms with E-state index in [0.29, 0.717) is 13.1 Å². The summed E-state index contributed by atoms with van der Waals surface area (Å²) in [6, 6.07) is 10.0. The highest BCUT2D eigenvalue weighted by atomic mass is 32.1. The molecule has 1 aromatic carbocycles. The summed E-state index contributed by atoms with van der Waals surface area (Å²) >= 11 is 1.63. The van der Waals surface area contributed by atoms with Crippen LogP contribution in [-0.4, -0.2) is 24.1 Å². The number of nitrogens with one attached hydrogen (secondary N) is 2. The van der Waals surface area contributed by atoms with E-state index in [9.17, 15) is 4.79 Å². The number of nitrogens with zero attached hydrogens (tertiary/aromatic N) is 1. The highest BCUT2D eigenvalue weighted by Crippen LogP contribution is 2.25. The second-order valence-corrected chi connectivity index (χ2v) is 5.36. The Kier molecular flexibility index (Phi) is 5.55. The van der Waals surface area contributed by atoms with E-state index in [-0.39, 0.29) is 6.03 Å². The first-order valence-corrected chi connectivity index (χ1v) is 7.68. The third kappa shape index (κ3) is 4.06. The molecule has 4 nitrogen and oxygen atoms in total. The molecule has 20 heavy (non-hydrogen) atoms. The lowest BCUT2D eigenvalue weighted by Gasteiger charge is -2.06. The zero-order valence-electron chi connectivity index (χ0n) is 11.6. The van der Waals surface area contributed by atoms with Crippen LogP contribution < -0.4 is 10.6 Å². The van der Waals surface area contributed by atoms with E-state index in [0.717, 1.165) is 24.1 Å². The number of carbonyl (C=O) groups is 1. The predicted octanol–water partition coefficient (Wildman–Crippen LogP) is 3.06. The van der Waals surface area contributed by atoms with Gasteiger partial charge in [0.15, 0.2) is 0 Å². The highest BCUT2D eigenvalue weighted by Gasteiger charge is 2.08. The van der Waals surface area contributed by atoms with Crippen LogP contribution in [0.25, 0.3) is 11.3 Å². The van der Waals surface area contributed by atoms with E-state index in [1.165, 1.54) is 4.88 Å². The van der Waals surface area contributed by atoms with E-state index >= 15 is 0 Å². The standard InChI is InChI=1S/C15H19N3OS/c1-2-9-16-15(19)17-10-8-13-14(18-11-20-13)12-6-4-3-5-7-12/h3-7,11H,2,8-10H2,1H3,(H2,16,17,19). The van der Waals surface area contributed by atoms with E-state index < -0.39 is 0 Å². The topological polar surface area (TPSA) is 54.0 Å². The monoisotopic (exact) mass is 289 g/mol. The molecule has 106 valence electrons. The zero-order valence-corrected chi connectivity index (χ0v) is 12.4. The van der Waals surface area contributed by atoms with E-state index in [1.54, 1.807) is 11.3 Å². The van der Waals surface area contributed by atoms with Crippen LogP contribution in [-0.2, 0) is 6.42 Å². The average Bonchev–Trinajstić information content (AvgIpc) is 2.94. The van der Waals surface area contributed by atoms with Gasteiger partial charge < -0.3 is 10.6 Å². The molecule has 0 aliphatic rings. The van der Waals surface area contributed by atoms with Crippen LogP contribution in [0.15, 0.2) is 35.8 Å². The van der Waals surface area contributed by atoms with E-state index in [2.05, 4.69) is 27.8 Å². The van der Waals surface area contributed by atoms with Gasteiger partial charge in [0.25, 0.3) is 0 Å². The summed E-state index contributed by atoms with van der Waals surface area (Å²) in [4.78, 5) is 17.1. The van der Waals surface area contributed by atoms with Gasteiger partial charge in [-0.1, -0.05) is 37.3 Å². The largest absolute Gasteiger partial charge is 0.338 e. The van der Waals surface area contributed by atoms with Crippen LogP contribution in [0.2, 0.25) is 0 Å². The summed E-state index contributed by atoms with van der Waals surface area (Å²) in [6.45, 7) is 3.36. The van der Waals surface area contributed by atoms with Crippen molar-refractivity contribution in [3.8, 4) is 11.3 Å². The zero-order chi connectivity index (χ0) is 14.2. The lowest BCUT2D eigenvalue weighted by atomic mass is 10.1. The van der Waals surface area contributed by atoms with Crippen LogP contribution in [0.1, 0.15) is 18.2 Å². The lowest BCUT2D eigenvalue weighted by Crippen LogP contribution is -2.36. The summed E-state index contributed by atoms with van der Waals surface area (Å²) in [5.41, 5.74) is 4.00. The van der Waals surface area contributed by atoms with Crippen molar-refractivity contribution in [2.24, 2.45) is 0 Å².